The Morgan fingerprint density at radius 2 is 2.07 bits per heavy atom. The summed E-state index contributed by atoms with van der Waals surface area (Å²) in [5.41, 5.74) is 2.22. The van der Waals surface area contributed by atoms with Gasteiger partial charge in [-0.2, -0.15) is 0 Å². The minimum absolute atomic E-state index is 0.0672. The molecule has 0 bridgehead atoms. The van der Waals surface area contributed by atoms with E-state index in [1.165, 1.54) is 0 Å². The van der Waals surface area contributed by atoms with Crippen molar-refractivity contribution in [2.75, 3.05) is 11.9 Å². The van der Waals surface area contributed by atoms with Crippen molar-refractivity contribution < 1.29 is 4.79 Å². The van der Waals surface area contributed by atoms with E-state index in [0.29, 0.717) is 0 Å². The van der Waals surface area contributed by atoms with Crippen LogP contribution in [-0.4, -0.2) is 12.8 Å². The maximum Gasteiger partial charge on any atom is 0.141 e. The Hall–Kier alpha value is -1.57. The molecular weight excluding hydrogens is 174 g/mol. The molecule has 14 heavy (non-hydrogen) atoms. The number of fused-ring (bicyclic) bond motifs is 1. The summed E-state index contributed by atoms with van der Waals surface area (Å²) in [6, 6.07) is 8.02. The highest BCUT2D eigenvalue weighted by Gasteiger charge is 2.21. The maximum atomic E-state index is 11.4. The van der Waals surface area contributed by atoms with Crippen LogP contribution in [0.5, 0.6) is 0 Å². The van der Waals surface area contributed by atoms with Gasteiger partial charge in [0.25, 0.3) is 0 Å². The number of rotatable bonds is 1. The average Bonchev–Trinajstić information content (AvgIpc) is 2.18. The van der Waals surface area contributed by atoms with E-state index in [2.05, 4.69) is 0 Å². The number of hydrogen-bond acceptors (Lipinski definition) is 2. The van der Waals surface area contributed by atoms with Gasteiger partial charge < -0.3 is 4.90 Å². The van der Waals surface area contributed by atoms with Crippen molar-refractivity contribution in [3.63, 3.8) is 0 Å². The first-order valence-electron chi connectivity index (χ1n) is 4.70. The summed E-state index contributed by atoms with van der Waals surface area (Å²) in [4.78, 5) is 13.4. The van der Waals surface area contributed by atoms with Gasteiger partial charge in [-0.3, -0.25) is 4.79 Å². The predicted octanol–water partition coefficient (Wildman–Crippen LogP) is 2.32. The second kappa shape index (κ2) is 3.29. The number of nitrogens with zero attached hydrogens (tertiary/aromatic N) is 1. The molecule has 2 nitrogen and oxygen atoms in total. The van der Waals surface area contributed by atoms with E-state index in [0.717, 1.165) is 11.3 Å². The number of benzene rings is 1. The van der Waals surface area contributed by atoms with E-state index in [1.807, 2.05) is 48.5 Å². The number of carbonyl (C=O) groups is 1. The summed E-state index contributed by atoms with van der Waals surface area (Å²) in [5, 5.41) is 0. The molecule has 0 spiro atoms. The zero-order chi connectivity index (χ0) is 10.1. The smallest absolute Gasteiger partial charge is 0.141 e. The second-order valence-electron chi connectivity index (χ2n) is 3.60. The maximum absolute atomic E-state index is 11.4. The Morgan fingerprint density at radius 1 is 1.36 bits per heavy atom. The van der Waals surface area contributed by atoms with Gasteiger partial charge in [0.05, 0.1) is 5.92 Å². The molecule has 1 atom stereocenters. The molecular formula is C12H13NO. The van der Waals surface area contributed by atoms with E-state index in [-0.39, 0.29) is 11.7 Å². The molecule has 0 N–H and O–H groups in total. The van der Waals surface area contributed by atoms with Crippen molar-refractivity contribution in [3.8, 4) is 0 Å². The highest BCUT2D eigenvalue weighted by atomic mass is 16.1. The summed E-state index contributed by atoms with van der Waals surface area (Å²) in [5.74, 6) is 0.129. The molecule has 72 valence electrons. The van der Waals surface area contributed by atoms with E-state index in [4.69, 9.17) is 0 Å². The first-order chi connectivity index (χ1) is 6.70. The number of hydrogen-bond donors (Lipinski definition) is 0. The van der Waals surface area contributed by atoms with Gasteiger partial charge in [-0.15, -0.1) is 0 Å². The van der Waals surface area contributed by atoms with Crippen LogP contribution in [0.2, 0.25) is 0 Å². The topological polar surface area (TPSA) is 20.3 Å². The number of carbonyl (C=O) groups excluding carboxylic acids is 1. The zero-order valence-corrected chi connectivity index (χ0v) is 8.40. The average molecular weight is 187 g/mol. The molecule has 1 aliphatic heterocycles. The molecule has 1 aromatic carbocycles. The van der Waals surface area contributed by atoms with Crippen LogP contribution < -0.4 is 4.90 Å². The monoisotopic (exact) mass is 187 g/mol. The van der Waals surface area contributed by atoms with Crippen LogP contribution in [-0.2, 0) is 4.79 Å². The quantitative estimate of drug-likeness (QED) is 0.672. The van der Waals surface area contributed by atoms with Crippen LogP contribution >= 0.6 is 0 Å². The Bertz CT molecular complexity index is 395. The first kappa shape index (κ1) is 9.00. The number of allylic oxidation sites excluding steroid dienone is 1. The zero-order valence-electron chi connectivity index (χ0n) is 8.40. The third-order valence-electron chi connectivity index (χ3n) is 2.59. The second-order valence-corrected chi connectivity index (χ2v) is 3.60. The van der Waals surface area contributed by atoms with Crippen LogP contribution in [0.1, 0.15) is 18.4 Å². The fourth-order valence-corrected chi connectivity index (χ4v) is 1.83. The van der Waals surface area contributed by atoms with Crippen molar-refractivity contribution in [2.24, 2.45) is 0 Å². The summed E-state index contributed by atoms with van der Waals surface area (Å²) in [6.45, 7) is 1.64. The molecule has 2 heteroatoms. The van der Waals surface area contributed by atoms with Crippen molar-refractivity contribution in [1.82, 2.24) is 0 Å². The molecule has 0 radical (unpaired) electrons. The van der Waals surface area contributed by atoms with Crippen LogP contribution in [0.25, 0.3) is 0 Å². The van der Waals surface area contributed by atoms with Crippen LogP contribution in [0.15, 0.2) is 36.5 Å². The van der Waals surface area contributed by atoms with Gasteiger partial charge in [0.15, 0.2) is 0 Å². The third kappa shape index (κ3) is 1.33. The fourth-order valence-electron chi connectivity index (χ4n) is 1.83. The van der Waals surface area contributed by atoms with Gasteiger partial charge in [0.2, 0.25) is 0 Å². The molecule has 0 saturated heterocycles. The standard InChI is InChI=1S/C12H13NO/c1-9(14)10-7-8-13(2)12-6-4-3-5-11(10)12/h3-8,10H,1-2H3. The molecule has 0 amide bonds. The molecule has 1 heterocycles. The summed E-state index contributed by atoms with van der Waals surface area (Å²) in [7, 11) is 1.99. The highest BCUT2D eigenvalue weighted by Crippen LogP contribution is 2.32. The molecule has 0 aromatic heterocycles. The van der Waals surface area contributed by atoms with Crippen LogP contribution in [0.3, 0.4) is 0 Å². The van der Waals surface area contributed by atoms with E-state index >= 15 is 0 Å². The fraction of sp³-hybridized carbons (Fsp3) is 0.250. The Kier molecular flexibility index (Phi) is 2.12. The lowest BCUT2D eigenvalue weighted by molar-refractivity contribution is -0.117. The Labute approximate surface area is 83.8 Å². The van der Waals surface area contributed by atoms with Crippen molar-refractivity contribution in [1.29, 1.82) is 0 Å². The number of para-hydroxylation sites is 1. The number of anilines is 1. The Morgan fingerprint density at radius 3 is 2.79 bits per heavy atom. The number of ketones is 1. The highest BCUT2D eigenvalue weighted by molar-refractivity contribution is 5.88. The Balaban J connectivity index is 2.52. The van der Waals surface area contributed by atoms with Crippen molar-refractivity contribution in [3.05, 3.63) is 42.1 Å². The van der Waals surface area contributed by atoms with Crippen molar-refractivity contribution >= 4 is 11.5 Å². The van der Waals surface area contributed by atoms with Crippen LogP contribution in [0, 0.1) is 0 Å². The first-order valence-corrected chi connectivity index (χ1v) is 4.70. The lowest BCUT2D eigenvalue weighted by atomic mass is 9.91. The normalized spacial score (nSPS) is 19.3. The lowest BCUT2D eigenvalue weighted by Gasteiger charge is -2.26. The van der Waals surface area contributed by atoms with E-state index in [9.17, 15) is 4.79 Å². The van der Waals surface area contributed by atoms with Gasteiger partial charge in [0, 0.05) is 18.9 Å². The SMILES string of the molecule is CC(=O)C1C=CN(C)c2ccccc21. The largest absolute Gasteiger partial charge is 0.351 e. The minimum atomic E-state index is -0.0672. The molecule has 1 aliphatic rings. The minimum Gasteiger partial charge on any atom is -0.351 e. The molecule has 0 saturated carbocycles. The summed E-state index contributed by atoms with van der Waals surface area (Å²) >= 11 is 0. The molecule has 0 fully saturated rings. The van der Waals surface area contributed by atoms with Gasteiger partial charge in [0.1, 0.15) is 5.78 Å². The number of Topliss-reactive ketones (excluding diaryl/α,β-unsaturated/α-hetero) is 1. The van der Waals surface area contributed by atoms with E-state index < -0.39 is 0 Å². The summed E-state index contributed by atoms with van der Waals surface area (Å²) < 4.78 is 0. The molecule has 0 aliphatic carbocycles. The van der Waals surface area contributed by atoms with Crippen molar-refractivity contribution in [2.45, 2.75) is 12.8 Å². The van der Waals surface area contributed by atoms with Gasteiger partial charge in [-0.05, 0) is 18.6 Å². The van der Waals surface area contributed by atoms with E-state index in [1.54, 1.807) is 6.92 Å². The molecule has 2 rings (SSSR count). The third-order valence-corrected chi connectivity index (χ3v) is 2.59. The molecule has 1 aromatic rings. The van der Waals surface area contributed by atoms with Gasteiger partial charge in [-0.1, -0.05) is 24.3 Å². The van der Waals surface area contributed by atoms with Crippen LogP contribution in [0.4, 0.5) is 5.69 Å². The van der Waals surface area contributed by atoms with Gasteiger partial charge >= 0.3 is 0 Å². The lowest BCUT2D eigenvalue weighted by Crippen LogP contribution is -2.19. The van der Waals surface area contributed by atoms with Gasteiger partial charge in [-0.25, -0.2) is 0 Å². The molecule has 1 unspecified atom stereocenters. The summed E-state index contributed by atoms with van der Waals surface area (Å²) in [6.07, 6.45) is 3.90. The predicted molar refractivity (Wildman–Crippen MR) is 57.4 cm³/mol.